The third-order valence-electron chi connectivity index (χ3n) is 6.31. The topological polar surface area (TPSA) is 53.1 Å². The van der Waals surface area contributed by atoms with Gasteiger partial charge >= 0.3 is 6.18 Å². The van der Waals surface area contributed by atoms with E-state index in [1.54, 1.807) is 0 Å². The molecule has 34 heavy (non-hydrogen) atoms. The lowest BCUT2D eigenvalue weighted by molar-refractivity contribution is -0.138. The zero-order valence-corrected chi connectivity index (χ0v) is 19.3. The van der Waals surface area contributed by atoms with Crippen molar-refractivity contribution in [1.29, 1.82) is 0 Å². The van der Waals surface area contributed by atoms with Gasteiger partial charge in [-0.2, -0.15) is 18.2 Å². The first-order chi connectivity index (χ1) is 16.2. The first-order valence-corrected chi connectivity index (χ1v) is 11.5. The molecule has 1 fully saturated rings. The number of alkyl halides is 3. The normalized spacial score (nSPS) is 18.8. The Morgan fingerprint density at radius 3 is 2.44 bits per heavy atom. The van der Waals surface area contributed by atoms with Crippen LogP contribution >= 0.6 is 0 Å². The lowest BCUT2D eigenvalue weighted by Crippen LogP contribution is -2.32. The van der Waals surface area contributed by atoms with Gasteiger partial charge in [0, 0.05) is 32.1 Å². The molecule has 0 bridgehead atoms. The molecule has 182 valence electrons. The number of hydrogen-bond acceptors (Lipinski definition) is 5. The van der Waals surface area contributed by atoms with Gasteiger partial charge in [-0.25, -0.2) is 9.37 Å². The maximum absolute atomic E-state index is 13.3. The molecule has 1 heterocycles. The highest BCUT2D eigenvalue weighted by molar-refractivity contribution is 5.90. The minimum atomic E-state index is -4.57. The van der Waals surface area contributed by atoms with Crippen LogP contribution in [0.5, 0.6) is 0 Å². The van der Waals surface area contributed by atoms with Crippen LogP contribution < -0.4 is 15.5 Å². The number of fused-ring (bicyclic) bond motifs is 1. The highest BCUT2D eigenvalue weighted by atomic mass is 19.4. The predicted molar refractivity (Wildman–Crippen MR) is 126 cm³/mol. The Labute approximate surface area is 196 Å². The minimum absolute atomic E-state index is 0.0611. The summed E-state index contributed by atoms with van der Waals surface area (Å²) in [5.74, 6) is 0.975. The van der Waals surface area contributed by atoms with Gasteiger partial charge in [-0.15, -0.1) is 0 Å². The molecule has 1 aliphatic rings. The Balaban J connectivity index is 1.30. The maximum atomic E-state index is 13.3. The van der Waals surface area contributed by atoms with Gasteiger partial charge in [-0.1, -0.05) is 18.2 Å². The van der Waals surface area contributed by atoms with Crippen molar-refractivity contribution in [3.05, 3.63) is 59.4 Å². The van der Waals surface area contributed by atoms with Crippen molar-refractivity contribution in [1.82, 2.24) is 15.3 Å². The molecule has 0 atom stereocenters. The van der Waals surface area contributed by atoms with Crippen LogP contribution in [-0.4, -0.2) is 36.6 Å². The number of para-hydroxylation sites is 1. The van der Waals surface area contributed by atoms with Crippen molar-refractivity contribution in [3.8, 4) is 0 Å². The number of rotatable bonds is 7. The molecular weight excluding hydrogens is 446 g/mol. The van der Waals surface area contributed by atoms with Crippen molar-refractivity contribution in [2.45, 2.75) is 44.4 Å². The molecule has 1 saturated carbocycles. The van der Waals surface area contributed by atoms with E-state index in [1.807, 2.05) is 43.3 Å². The molecule has 4 rings (SSSR count). The smallest absolute Gasteiger partial charge is 0.362 e. The summed E-state index contributed by atoms with van der Waals surface area (Å²) in [6.07, 6.45) is -0.794. The quantitative estimate of drug-likeness (QED) is 0.435. The number of halogens is 4. The Bertz CT molecular complexity index is 1120. The summed E-state index contributed by atoms with van der Waals surface area (Å²) in [5, 5.41) is 7.61. The second-order valence-electron chi connectivity index (χ2n) is 9.07. The van der Waals surface area contributed by atoms with E-state index in [2.05, 4.69) is 15.6 Å². The van der Waals surface area contributed by atoms with Gasteiger partial charge in [0.15, 0.2) is 0 Å². The van der Waals surface area contributed by atoms with E-state index in [4.69, 9.17) is 4.98 Å². The van der Waals surface area contributed by atoms with E-state index in [0.29, 0.717) is 24.5 Å². The van der Waals surface area contributed by atoms with Crippen LogP contribution in [0.1, 0.15) is 36.8 Å². The zero-order chi connectivity index (χ0) is 24.3. The van der Waals surface area contributed by atoms with E-state index < -0.39 is 17.6 Å². The molecule has 0 radical (unpaired) electrons. The molecule has 1 aliphatic carbocycles. The van der Waals surface area contributed by atoms with Crippen molar-refractivity contribution < 1.29 is 17.6 Å². The van der Waals surface area contributed by atoms with Crippen LogP contribution in [0, 0.1) is 11.7 Å². The summed E-state index contributed by atoms with van der Waals surface area (Å²) in [4.78, 5) is 11.3. The highest BCUT2D eigenvalue weighted by Crippen LogP contribution is 2.33. The molecule has 2 aromatic carbocycles. The van der Waals surface area contributed by atoms with Crippen molar-refractivity contribution in [2.75, 3.05) is 30.9 Å². The van der Waals surface area contributed by atoms with Gasteiger partial charge in [0.25, 0.3) is 0 Å². The van der Waals surface area contributed by atoms with Crippen LogP contribution in [0.2, 0.25) is 0 Å². The number of aromatic nitrogens is 2. The Morgan fingerprint density at radius 1 is 1.00 bits per heavy atom. The van der Waals surface area contributed by atoms with Crippen molar-refractivity contribution in [2.24, 2.45) is 5.92 Å². The Hall–Kier alpha value is -2.94. The number of hydrogen-bond donors (Lipinski definition) is 2. The first-order valence-electron chi connectivity index (χ1n) is 11.5. The van der Waals surface area contributed by atoms with Gasteiger partial charge in [-0.3, -0.25) is 0 Å². The fourth-order valence-electron chi connectivity index (χ4n) is 4.54. The van der Waals surface area contributed by atoms with E-state index in [-0.39, 0.29) is 18.2 Å². The number of benzene rings is 2. The number of anilines is 2. The average Bonchev–Trinajstić information content (AvgIpc) is 2.80. The molecule has 1 aromatic heterocycles. The van der Waals surface area contributed by atoms with E-state index in [9.17, 15) is 17.6 Å². The number of nitrogens with one attached hydrogen (secondary N) is 2. The predicted octanol–water partition coefficient (Wildman–Crippen LogP) is 5.61. The van der Waals surface area contributed by atoms with Gasteiger partial charge in [0.05, 0.1) is 11.1 Å². The third-order valence-corrected chi connectivity index (χ3v) is 6.31. The summed E-state index contributed by atoms with van der Waals surface area (Å²) >= 11 is 0. The van der Waals surface area contributed by atoms with Crippen LogP contribution in [0.15, 0.2) is 42.5 Å². The monoisotopic (exact) mass is 475 g/mol. The molecule has 0 aliphatic heterocycles. The van der Waals surface area contributed by atoms with E-state index >= 15 is 0 Å². The van der Waals surface area contributed by atoms with Crippen LogP contribution in [0.4, 0.5) is 29.3 Å². The molecule has 0 amide bonds. The van der Waals surface area contributed by atoms with Gasteiger partial charge in [-0.05, 0) is 68.0 Å². The molecule has 3 aromatic rings. The van der Waals surface area contributed by atoms with E-state index in [0.717, 1.165) is 48.5 Å². The lowest BCUT2D eigenvalue weighted by Gasteiger charge is -2.29. The first kappa shape index (κ1) is 24.2. The third kappa shape index (κ3) is 5.75. The largest absolute Gasteiger partial charge is 0.416 e. The molecule has 0 saturated heterocycles. The van der Waals surface area contributed by atoms with Crippen molar-refractivity contribution >= 4 is 22.7 Å². The lowest BCUT2D eigenvalue weighted by atomic mass is 9.86. The SMILES string of the molecule is CN(C)c1nc(N[C@H]2CC[C@@H](CNCc3ccc(F)cc3C(F)(F)F)CC2)nc2ccccc12. The molecule has 2 N–H and O–H groups in total. The molecular formula is C25H29F4N5. The number of nitrogens with zero attached hydrogens (tertiary/aromatic N) is 3. The van der Waals surface area contributed by atoms with Crippen LogP contribution in [0.25, 0.3) is 10.9 Å². The standard InChI is InChI=1S/C25H29F4N5/c1-34(2)23-20-5-3-4-6-22(20)32-24(33-23)31-19-11-7-16(8-12-19)14-30-15-17-9-10-18(26)13-21(17)25(27,28)29/h3-6,9-10,13,16,19,30H,7-8,11-12,14-15H2,1-2H3,(H,31,32,33)/t16-,19+. The second-order valence-corrected chi connectivity index (χ2v) is 9.07. The summed E-state index contributed by atoms with van der Waals surface area (Å²) in [6, 6.07) is 11.0. The van der Waals surface area contributed by atoms with Crippen molar-refractivity contribution in [3.63, 3.8) is 0 Å². The molecule has 9 heteroatoms. The minimum Gasteiger partial charge on any atom is -0.362 e. The summed E-state index contributed by atoms with van der Waals surface area (Å²) < 4.78 is 52.8. The van der Waals surface area contributed by atoms with Crippen LogP contribution in [-0.2, 0) is 12.7 Å². The van der Waals surface area contributed by atoms with E-state index in [1.165, 1.54) is 6.07 Å². The summed E-state index contributed by atoms with van der Waals surface area (Å²) in [5.41, 5.74) is 0.0374. The van der Waals surface area contributed by atoms with Gasteiger partial charge in [0.1, 0.15) is 11.6 Å². The maximum Gasteiger partial charge on any atom is 0.416 e. The Morgan fingerprint density at radius 2 is 1.74 bits per heavy atom. The fourth-order valence-corrected chi connectivity index (χ4v) is 4.54. The Kier molecular flexibility index (Phi) is 7.21. The molecule has 0 unspecified atom stereocenters. The highest BCUT2D eigenvalue weighted by Gasteiger charge is 2.33. The fraction of sp³-hybridized carbons (Fsp3) is 0.440. The molecule has 5 nitrogen and oxygen atoms in total. The average molecular weight is 476 g/mol. The summed E-state index contributed by atoms with van der Waals surface area (Å²) in [6.45, 7) is 0.685. The summed E-state index contributed by atoms with van der Waals surface area (Å²) in [7, 11) is 3.92. The second kappa shape index (κ2) is 10.1. The zero-order valence-electron chi connectivity index (χ0n) is 19.3. The van der Waals surface area contributed by atoms with Crippen LogP contribution in [0.3, 0.4) is 0 Å². The molecule has 0 spiro atoms. The van der Waals surface area contributed by atoms with Gasteiger partial charge < -0.3 is 15.5 Å². The van der Waals surface area contributed by atoms with Gasteiger partial charge in [0.2, 0.25) is 5.95 Å².